The van der Waals surface area contributed by atoms with Crippen molar-refractivity contribution in [3.05, 3.63) is 52.7 Å². The van der Waals surface area contributed by atoms with Crippen molar-refractivity contribution in [3.63, 3.8) is 0 Å². The van der Waals surface area contributed by atoms with Gasteiger partial charge in [0.2, 0.25) is 5.91 Å². The van der Waals surface area contributed by atoms with Crippen LogP contribution < -0.4 is 15.8 Å². The highest BCUT2D eigenvalue weighted by atomic mass is 35.5. The number of nitrogens with two attached hydrogens (primary N) is 1. The van der Waals surface area contributed by atoms with Crippen molar-refractivity contribution in [1.82, 2.24) is 29.0 Å². The van der Waals surface area contributed by atoms with Crippen molar-refractivity contribution in [2.45, 2.75) is 43.8 Å². The van der Waals surface area contributed by atoms with E-state index in [1.165, 1.54) is 19.2 Å². The number of rotatable bonds is 5. The summed E-state index contributed by atoms with van der Waals surface area (Å²) in [7, 11) is 2.53. The van der Waals surface area contributed by atoms with Gasteiger partial charge in [-0.15, -0.1) is 0 Å². The smallest absolute Gasteiger partial charge is 0.433 e. The van der Waals surface area contributed by atoms with Gasteiger partial charge in [0.15, 0.2) is 5.82 Å². The van der Waals surface area contributed by atoms with Gasteiger partial charge in [0.05, 0.1) is 17.7 Å². The summed E-state index contributed by atoms with van der Waals surface area (Å²) < 4.78 is 47.6. The first-order chi connectivity index (χ1) is 20.0. The fourth-order valence-corrected chi connectivity index (χ4v) is 6.21. The van der Waals surface area contributed by atoms with E-state index < -0.39 is 17.8 Å². The van der Waals surface area contributed by atoms with Crippen LogP contribution in [0, 0.1) is 0 Å². The predicted octanol–water partition coefficient (Wildman–Crippen LogP) is 4.51. The van der Waals surface area contributed by atoms with E-state index in [0.29, 0.717) is 40.2 Å². The Kier molecular flexibility index (Phi) is 6.75. The van der Waals surface area contributed by atoms with Crippen molar-refractivity contribution in [2.24, 2.45) is 7.05 Å². The van der Waals surface area contributed by atoms with Gasteiger partial charge in [-0.05, 0) is 31.4 Å². The minimum Gasteiger partial charge on any atom is -0.496 e. The number of nitrogen functional groups attached to an aromatic ring is 1. The Hall–Kier alpha value is -4.33. The Morgan fingerprint density at radius 2 is 2.00 bits per heavy atom. The van der Waals surface area contributed by atoms with E-state index in [2.05, 4.69) is 15.4 Å². The van der Waals surface area contributed by atoms with E-state index in [-0.39, 0.29) is 45.8 Å². The van der Waals surface area contributed by atoms with Crippen LogP contribution in [0.1, 0.15) is 53.5 Å². The molecule has 6 rings (SSSR count). The van der Waals surface area contributed by atoms with Gasteiger partial charge < -0.3 is 20.7 Å². The van der Waals surface area contributed by atoms with E-state index in [0.717, 1.165) is 32.4 Å². The molecule has 0 saturated carbocycles. The summed E-state index contributed by atoms with van der Waals surface area (Å²) in [6.45, 7) is 0.540. The number of alkyl halides is 3. The third-order valence-electron chi connectivity index (χ3n) is 7.88. The molecule has 2 aliphatic rings. The van der Waals surface area contributed by atoms with Crippen molar-refractivity contribution in [1.29, 1.82) is 0 Å². The molecule has 1 aromatic carbocycles. The number of carbonyl (C=O) groups excluding carboxylic acids is 2. The molecule has 0 aliphatic carbocycles. The molecule has 0 unspecified atom stereocenters. The molecule has 0 bridgehead atoms. The second-order valence-electron chi connectivity index (χ2n) is 10.4. The van der Waals surface area contributed by atoms with Gasteiger partial charge >= 0.3 is 6.18 Å². The predicted molar refractivity (Wildman–Crippen MR) is 147 cm³/mol. The van der Waals surface area contributed by atoms with E-state index in [1.807, 2.05) is 9.30 Å². The SMILES string of the molecule is COc1cc(C(=O)Nc2cc(C(F)(F)F)n(C)n2)cc(Cl)c1-c1nc([C@@H]2CC[C@H]3CCC(=O)N3C2)n2ccnc(N)c12. The lowest BCUT2D eigenvalue weighted by molar-refractivity contribution is -0.143. The first kappa shape index (κ1) is 27.8. The molecule has 5 heterocycles. The molecule has 15 heteroatoms. The number of hydrogen-bond donors (Lipinski definition) is 2. The Balaban J connectivity index is 1.38. The Labute approximate surface area is 242 Å². The number of amides is 2. The standard InChI is InChI=1S/C27H26ClF3N8O3/c1-37-18(27(29,30)31)11-19(36-37)34-26(41)14-9-16(28)21(17(10-14)42-2)22-23-24(32)33-7-8-38(23)25(35-22)13-3-4-15-5-6-20(40)39(15)12-13/h7-11,13,15H,3-6,12H2,1-2H3,(H2,32,33)(H,34,36,41)/t13-,15+/m1/s1. The quantitative estimate of drug-likeness (QED) is 0.343. The van der Waals surface area contributed by atoms with Crippen LogP contribution >= 0.6 is 11.6 Å². The number of methoxy groups -OCH3 is 1. The number of aromatic nitrogens is 5. The number of hydrogen-bond acceptors (Lipinski definition) is 7. The first-order valence-electron chi connectivity index (χ1n) is 13.2. The van der Waals surface area contributed by atoms with Crippen molar-refractivity contribution in [2.75, 3.05) is 24.7 Å². The number of halogens is 4. The van der Waals surface area contributed by atoms with E-state index in [4.69, 9.17) is 27.1 Å². The maximum absolute atomic E-state index is 13.2. The summed E-state index contributed by atoms with van der Waals surface area (Å²) in [6.07, 6.45) is 1.81. The van der Waals surface area contributed by atoms with E-state index in [1.54, 1.807) is 12.4 Å². The van der Waals surface area contributed by atoms with Gasteiger partial charge in [0.25, 0.3) is 5.91 Å². The molecule has 3 N–H and O–H groups in total. The minimum atomic E-state index is -4.63. The highest BCUT2D eigenvalue weighted by molar-refractivity contribution is 6.34. The number of nitrogens with zero attached hydrogens (tertiary/aromatic N) is 6. The summed E-state index contributed by atoms with van der Waals surface area (Å²) in [5, 5.41) is 6.20. The summed E-state index contributed by atoms with van der Waals surface area (Å²) in [5.74, 6) is 0.168. The van der Waals surface area contributed by atoms with Gasteiger partial charge in [-0.2, -0.15) is 18.3 Å². The number of benzene rings is 1. The minimum absolute atomic E-state index is 0.0283. The first-order valence-corrected chi connectivity index (χ1v) is 13.6. The molecule has 2 aliphatic heterocycles. The average molecular weight is 603 g/mol. The van der Waals surface area contributed by atoms with Crippen molar-refractivity contribution in [3.8, 4) is 17.0 Å². The maximum atomic E-state index is 13.2. The van der Waals surface area contributed by atoms with Crippen molar-refractivity contribution < 1.29 is 27.5 Å². The van der Waals surface area contributed by atoms with Gasteiger partial charge in [0, 0.05) is 56.0 Å². The normalized spacial score (nSPS) is 18.9. The molecule has 2 fully saturated rings. The third-order valence-corrected chi connectivity index (χ3v) is 8.18. The average Bonchev–Trinajstić information content (AvgIpc) is 3.63. The lowest BCUT2D eigenvalue weighted by atomic mass is 9.92. The second-order valence-corrected chi connectivity index (χ2v) is 10.8. The van der Waals surface area contributed by atoms with Crippen LogP contribution in [0.5, 0.6) is 5.75 Å². The zero-order chi connectivity index (χ0) is 29.9. The molecule has 3 aromatic heterocycles. The highest BCUT2D eigenvalue weighted by Crippen LogP contribution is 2.43. The van der Waals surface area contributed by atoms with Crippen LogP contribution in [0.15, 0.2) is 30.6 Å². The second kappa shape index (κ2) is 10.2. The lowest BCUT2D eigenvalue weighted by Crippen LogP contribution is -2.41. The third kappa shape index (κ3) is 4.68. The maximum Gasteiger partial charge on any atom is 0.433 e. The number of carbonyl (C=O) groups is 2. The molecular weight excluding hydrogens is 577 g/mol. The molecule has 220 valence electrons. The monoisotopic (exact) mass is 602 g/mol. The molecule has 2 atom stereocenters. The van der Waals surface area contributed by atoms with Crippen LogP contribution in [0.2, 0.25) is 5.02 Å². The molecule has 2 amide bonds. The Morgan fingerprint density at radius 1 is 1.21 bits per heavy atom. The topological polar surface area (TPSA) is 133 Å². The van der Waals surface area contributed by atoms with Crippen LogP contribution in [0.4, 0.5) is 24.8 Å². The van der Waals surface area contributed by atoms with Crippen molar-refractivity contribution >= 4 is 40.6 Å². The number of nitrogens with one attached hydrogen (secondary N) is 1. The van der Waals surface area contributed by atoms with Crippen LogP contribution in [0.25, 0.3) is 16.8 Å². The van der Waals surface area contributed by atoms with Gasteiger partial charge in [0.1, 0.15) is 34.3 Å². The lowest BCUT2D eigenvalue weighted by Gasteiger charge is -2.34. The molecule has 11 nitrogen and oxygen atoms in total. The largest absolute Gasteiger partial charge is 0.496 e. The molecule has 4 aromatic rings. The Bertz CT molecular complexity index is 1730. The fourth-order valence-electron chi connectivity index (χ4n) is 5.91. The molecular formula is C27H26ClF3N8O3. The van der Waals surface area contributed by atoms with E-state index >= 15 is 0 Å². The molecule has 42 heavy (non-hydrogen) atoms. The van der Waals surface area contributed by atoms with Crippen LogP contribution in [0.3, 0.4) is 0 Å². The zero-order valence-electron chi connectivity index (χ0n) is 22.6. The molecule has 0 radical (unpaired) electrons. The molecule has 0 spiro atoms. The number of ether oxygens (including phenoxy) is 1. The summed E-state index contributed by atoms with van der Waals surface area (Å²) in [4.78, 5) is 36.6. The van der Waals surface area contributed by atoms with Crippen LogP contribution in [-0.4, -0.2) is 60.6 Å². The van der Waals surface area contributed by atoms with E-state index in [9.17, 15) is 22.8 Å². The van der Waals surface area contributed by atoms with Gasteiger partial charge in [-0.3, -0.25) is 18.7 Å². The summed E-state index contributed by atoms with van der Waals surface area (Å²) in [5.41, 5.74) is 6.58. The summed E-state index contributed by atoms with van der Waals surface area (Å²) >= 11 is 6.73. The zero-order valence-corrected chi connectivity index (χ0v) is 23.3. The number of fused-ring (bicyclic) bond motifs is 2. The van der Waals surface area contributed by atoms with Gasteiger partial charge in [-0.1, -0.05) is 11.6 Å². The number of imidazole rings is 1. The number of aryl methyl sites for hydroxylation is 1. The Morgan fingerprint density at radius 3 is 2.71 bits per heavy atom. The molecule has 2 saturated heterocycles. The van der Waals surface area contributed by atoms with Crippen LogP contribution in [-0.2, 0) is 18.0 Å². The summed E-state index contributed by atoms with van der Waals surface area (Å²) in [6, 6.07) is 3.78. The highest BCUT2D eigenvalue weighted by Gasteiger charge is 2.39. The number of anilines is 2. The van der Waals surface area contributed by atoms with Gasteiger partial charge in [-0.25, -0.2) is 9.97 Å². The number of piperidine rings is 1. The fraction of sp³-hybridized carbons (Fsp3) is 0.370.